The smallest absolute Gasteiger partial charge is 0.257 e. The van der Waals surface area contributed by atoms with E-state index in [0.717, 1.165) is 27.9 Å². The van der Waals surface area contributed by atoms with Crippen molar-refractivity contribution in [3.63, 3.8) is 0 Å². The van der Waals surface area contributed by atoms with Crippen molar-refractivity contribution in [2.24, 2.45) is 6.98 Å². The van der Waals surface area contributed by atoms with Gasteiger partial charge in [-0.1, -0.05) is 6.07 Å². The summed E-state index contributed by atoms with van der Waals surface area (Å²) < 4.78 is 29.6. The van der Waals surface area contributed by atoms with Gasteiger partial charge in [0.1, 0.15) is 12.1 Å². The second-order valence-electron chi connectivity index (χ2n) is 5.09. The Morgan fingerprint density at radius 1 is 1.30 bits per heavy atom. The summed E-state index contributed by atoms with van der Waals surface area (Å²) in [4.78, 5) is 4.41. The second kappa shape index (κ2) is 3.28. The molecule has 0 saturated carbocycles. The van der Waals surface area contributed by atoms with Crippen LogP contribution in [0.15, 0.2) is 48.8 Å². The number of fused-ring (bicyclic) bond motifs is 7. The van der Waals surface area contributed by atoms with Crippen LogP contribution in [0.5, 0.6) is 0 Å². The van der Waals surface area contributed by atoms with Crippen LogP contribution in [0.1, 0.15) is 9.81 Å². The Labute approximate surface area is 119 Å². The SMILES string of the molecule is [2H]C([2H])([2H])n1c2[n+](c3c1cc1ccccn13)Cc1ncccc1-2. The predicted molar refractivity (Wildman–Crippen MR) is 76.4 cm³/mol. The van der Waals surface area contributed by atoms with Gasteiger partial charge in [0.05, 0.1) is 28.5 Å². The molecule has 0 aliphatic carbocycles. The van der Waals surface area contributed by atoms with Gasteiger partial charge in [-0.2, -0.15) is 0 Å². The molecule has 0 fully saturated rings. The first-order chi connectivity index (χ1) is 11.1. The first-order valence-electron chi connectivity index (χ1n) is 8.05. The van der Waals surface area contributed by atoms with Crippen LogP contribution in [0.25, 0.3) is 28.1 Å². The van der Waals surface area contributed by atoms with Crippen molar-refractivity contribution in [3.05, 3.63) is 54.5 Å². The zero-order valence-corrected chi connectivity index (χ0v) is 10.6. The molecular weight excluding hydrogens is 248 g/mol. The van der Waals surface area contributed by atoms with Gasteiger partial charge in [-0.15, -0.1) is 0 Å². The van der Waals surface area contributed by atoms with Crippen LogP contribution in [0, 0.1) is 0 Å². The van der Waals surface area contributed by atoms with E-state index in [4.69, 9.17) is 4.11 Å². The Balaban J connectivity index is 2.01. The maximum absolute atomic E-state index is 8.01. The number of hydrogen-bond acceptors (Lipinski definition) is 1. The van der Waals surface area contributed by atoms with Crippen LogP contribution in [0.3, 0.4) is 0 Å². The van der Waals surface area contributed by atoms with Crippen LogP contribution in [-0.4, -0.2) is 14.0 Å². The lowest BCUT2D eigenvalue weighted by atomic mass is 10.2. The molecular formula is C16H13N4+. The lowest BCUT2D eigenvalue weighted by molar-refractivity contribution is -0.648. The van der Waals surface area contributed by atoms with Gasteiger partial charge in [0.2, 0.25) is 5.82 Å². The molecule has 4 aromatic heterocycles. The highest BCUT2D eigenvalue weighted by Crippen LogP contribution is 2.30. The molecule has 0 radical (unpaired) electrons. The third-order valence-electron chi connectivity index (χ3n) is 4.04. The van der Waals surface area contributed by atoms with Gasteiger partial charge < -0.3 is 0 Å². The molecule has 0 N–H and O–H groups in total. The van der Waals surface area contributed by atoms with Gasteiger partial charge >= 0.3 is 0 Å². The van der Waals surface area contributed by atoms with E-state index >= 15 is 0 Å². The maximum Gasteiger partial charge on any atom is 0.273 e. The molecule has 4 heteroatoms. The second-order valence-corrected chi connectivity index (χ2v) is 5.09. The number of aromatic nitrogens is 4. The third-order valence-corrected chi connectivity index (χ3v) is 4.04. The molecule has 0 atom stereocenters. The van der Waals surface area contributed by atoms with E-state index in [1.54, 1.807) is 6.20 Å². The fourth-order valence-electron chi connectivity index (χ4n) is 3.20. The molecule has 0 unspecified atom stereocenters. The Hall–Kier alpha value is -2.62. The summed E-state index contributed by atoms with van der Waals surface area (Å²) in [6, 6.07) is 11.6. The maximum atomic E-state index is 8.01. The normalized spacial score (nSPS) is 15.9. The van der Waals surface area contributed by atoms with Crippen molar-refractivity contribution in [2.75, 3.05) is 0 Å². The summed E-state index contributed by atoms with van der Waals surface area (Å²) in [6.07, 6.45) is 3.71. The molecule has 0 amide bonds. The van der Waals surface area contributed by atoms with E-state index in [1.807, 2.05) is 51.6 Å². The van der Waals surface area contributed by atoms with Crippen molar-refractivity contribution < 1.29 is 8.68 Å². The van der Waals surface area contributed by atoms with Crippen LogP contribution < -0.4 is 4.57 Å². The minimum absolute atomic E-state index is 0.589. The van der Waals surface area contributed by atoms with E-state index in [0.29, 0.717) is 12.4 Å². The minimum Gasteiger partial charge on any atom is -0.257 e. The molecule has 0 aromatic carbocycles. The number of imidazole rings is 1. The van der Waals surface area contributed by atoms with Crippen LogP contribution in [0.2, 0.25) is 0 Å². The largest absolute Gasteiger partial charge is 0.273 e. The minimum atomic E-state index is -2.25. The highest BCUT2D eigenvalue weighted by molar-refractivity contribution is 5.82. The molecule has 0 saturated heterocycles. The number of nitrogens with zero attached hydrogens (tertiary/aromatic N) is 4. The molecule has 5 heterocycles. The number of pyridine rings is 2. The number of hydrogen-bond donors (Lipinski definition) is 0. The van der Waals surface area contributed by atoms with Gasteiger partial charge in [0.15, 0.2) is 5.52 Å². The molecule has 0 bridgehead atoms. The fraction of sp³-hybridized carbons (Fsp3) is 0.125. The van der Waals surface area contributed by atoms with E-state index in [-0.39, 0.29) is 0 Å². The summed E-state index contributed by atoms with van der Waals surface area (Å²) in [5.41, 5.74) is 4.40. The molecule has 96 valence electrons. The van der Waals surface area contributed by atoms with Gasteiger partial charge in [0, 0.05) is 12.3 Å². The first kappa shape index (κ1) is 7.85. The molecule has 5 rings (SSSR count). The molecule has 4 nitrogen and oxygen atoms in total. The summed E-state index contributed by atoms with van der Waals surface area (Å²) in [6.45, 7) is -1.66. The monoisotopic (exact) mass is 264 g/mol. The highest BCUT2D eigenvalue weighted by Gasteiger charge is 2.33. The first-order valence-corrected chi connectivity index (χ1v) is 6.55. The Kier molecular flexibility index (Phi) is 1.29. The average Bonchev–Trinajstić information content (AvgIpc) is 3.12. The van der Waals surface area contributed by atoms with Crippen molar-refractivity contribution in [1.82, 2.24) is 14.0 Å². The summed E-state index contributed by atoms with van der Waals surface area (Å²) in [5.74, 6) is 0.705. The zero-order chi connectivity index (χ0) is 15.8. The molecule has 0 spiro atoms. The standard InChI is InChI=1S/C16H13N4/c1-18-14-9-11-5-2-3-8-19(11)16(14)20-10-13-12(15(18)20)6-4-7-17-13/h2-9H,10H2,1H3/q+1/i1D3. The summed E-state index contributed by atoms with van der Waals surface area (Å²) in [5, 5.41) is 0. The summed E-state index contributed by atoms with van der Waals surface area (Å²) >= 11 is 0. The van der Waals surface area contributed by atoms with Gasteiger partial charge in [0.25, 0.3) is 5.65 Å². The molecule has 20 heavy (non-hydrogen) atoms. The van der Waals surface area contributed by atoms with Crippen molar-refractivity contribution in [3.8, 4) is 11.4 Å². The number of aryl methyl sites for hydroxylation is 1. The van der Waals surface area contributed by atoms with Gasteiger partial charge in [-0.05, 0) is 24.3 Å². The lowest BCUT2D eigenvalue weighted by Crippen LogP contribution is -2.32. The van der Waals surface area contributed by atoms with Crippen LogP contribution in [-0.2, 0) is 13.5 Å². The van der Waals surface area contributed by atoms with Crippen molar-refractivity contribution >= 4 is 16.7 Å². The van der Waals surface area contributed by atoms with Crippen LogP contribution >= 0.6 is 0 Å². The van der Waals surface area contributed by atoms with E-state index in [1.165, 1.54) is 4.57 Å². The molecule has 1 aliphatic heterocycles. The topological polar surface area (TPSA) is 26.1 Å². The number of rotatable bonds is 0. The third kappa shape index (κ3) is 1.04. The van der Waals surface area contributed by atoms with Crippen molar-refractivity contribution in [1.29, 1.82) is 0 Å². The average molecular weight is 264 g/mol. The highest BCUT2D eigenvalue weighted by atomic mass is 15.2. The quantitative estimate of drug-likeness (QED) is 0.394. The Bertz CT molecular complexity index is 1090. The Morgan fingerprint density at radius 2 is 2.30 bits per heavy atom. The lowest BCUT2D eigenvalue weighted by Gasteiger charge is -1.95. The molecule has 1 aliphatic rings. The van der Waals surface area contributed by atoms with Gasteiger partial charge in [-0.3, -0.25) is 9.55 Å². The van der Waals surface area contributed by atoms with E-state index < -0.39 is 6.98 Å². The van der Waals surface area contributed by atoms with Crippen molar-refractivity contribution in [2.45, 2.75) is 6.54 Å². The zero-order valence-electron chi connectivity index (χ0n) is 13.6. The fourth-order valence-corrected chi connectivity index (χ4v) is 3.20. The molecule has 4 aromatic rings. The predicted octanol–water partition coefficient (Wildman–Crippen LogP) is 2.14. The van der Waals surface area contributed by atoms with Gasteiger partial charge in [-0.25, -0.2) is 8.97 Å². The van der Waals surface area contributed by atoms with E-state index in [2.05, 4.69) is 4.98 Å². The summed E-state index contributed by atoms with van der Waals surface area (Å²) in [7, 11) is 0. The Morgan fingerprint density at radius 3 is 3.25 bits per heavy atom. The van der Waals surface area contributed by atoms with Crippen LogP contribution in [0.4, 0.5) is 0 Å². The van der Waals surface area contributed by atoms with E-state index in [9.17, 15) is 0 Å².